The zero-order chi connectivity index (χ0) is 16.7. The SMILES string of the molecule is COCCCNC(=O)CN(C)C(=O)c1c(C)noc1C(C)C. The normalized spacial score (nSPS) is 10.8. The molecule has 0 aliphatic carbocycles. The van der Waals surface area contributed by atoms with Crippen LogP contribution in [0.4, 0.5) is 0 Å². The molecular weight excluding hydrogens is 286 g/mol. The fourth-order valence-electron chi connectivity index (χ4n) is 2.02. The molecule has 0 saturated carbocycles. The van der Waals surface area contributed by atoms with Gasteiger partial charge >= 0.3 is 0 Å². The highest BCUT2D eigenvalue weighted by Crippen LogP contribution is 2.23. The lowest BCUT2D eigenvalue weighted by molar-refractivity contribution is -0.121. The van der Waals surface area contributed by atoms with Crippen molar-refractivity contribution in [1.82, 2.24) is 15.4 Å². The van der Waals surface area contributed by atoms with Gasteiger partial charge in [-0.3, -0.25) is 9.59 Å². The molecule has 0 fully saturated rings. The van der Waals surface area contributed by atoms with E-state index < -0.39 is 0 Å². The third-order valence-electron chi connectivity index (χ3n) is 3.20. The molecule has 0 atom stereocenters. The van der Waals surface area contributed by atoms with Crippen LogP contribution in [0.2, 0.25) is 0 Å². The molecule has 0 aliphatic rings. The third kappa shape index (κ3) is 4.84. The first-order valence-corrected chi connectivity index (χ1v) is 7.35. The minimum Gasteiger partial charge on any atom is -0.385 e. The average Bonchev–Trinajstić information content (AvgIpc) is 2.84. The molecule has 7 nitrogen and oxygen atoms in total. The Morgan fingerprint density at radius 2 is 2.09 bits per heavy atom. The maximum atomic E-state index is 12.5. The number of hydrogen-bond acceptors (Lipinski definition) is 5. The van der Waals surface area contributed by atoms with Gasteiger partial charge in [-0.05, 0) is 13.3 Å². The molecule has 7 heteroatoms. The predicted molar refractivity (Wildman–Crippen MR) is 81.8 cm³/mol. The number of carbonyl (C=O) groups is 2. The number of aryl methyl sites for hydroxylation is 1. The fourth-order valence-corrected chi connectivity index (χ4v) is 2.02. The van der Waals surface area contributed by atoms with Crippen LogP contribution in [-0.4, -0.2) is 55.7 Å². The topological polar surface area (TPSA) is 84.7 Å². The molecule has 1 rings (SSSR count). The van der Waals surface area contributed by atoms with E-state index in [1.807, 2.05) is 13.8 Å². The molecule has 0 spiro atoms. The summed E-state index contributed by atoms with van der Waals surface area (Å²) < 4.78 is 10.1. The zero-order valence-electron chi connectivity index (χ0n) is 13.9. The van der Waals surface area contributed by atoms with Gasteiger partial charge in [0.1, 0.15) is 5.56 Å². The Labute approximate surface area is 131 Å². The van der Waals surface area contributed by atoms with E-state index in [1.165, 1.54) is 4.90 Å². The lowest BCUT2D eigenvalue weighted by atomic mass is 10.0. The van der Waals surface area contributed by atoms with Crippen molar-refractivity contribution < 1.29 is 18.8 Å². The number of nitrogens with zero attached hydrogens (tertiary/aromatic N) is 2. The Kier molecular flexibility index (Phi) is 7.04. The second-order valence-corrected chi connectivity index (χ2v) is 5.52. The Balaban J connectivity index is 2.62. The smallest absolute Gasteiger partial charge is 0.259 e. The van der Waals surface area contributed by atoms with Gasteiger partial charge in [-0.1, -0.05) is 19.0 Å². The number of carbonyl (C=O) groups excluding carboxylic acids is 2. The van der Waals surface area contributed by atoms with Crippen molar-refractivity contribution in [3.8, 4) is 0 Å². The van der Waals surface area contributed by atoms with Gasteiger partial charge in [0, 0.05) is 33.2 Å². The molecule has 0 bridgehead atoms. The summed E-state index contributed by atoms with van der Waals surface area (Å²) in [6.45, 7) is 6.69. The van der Waals surface area contributed by atoms with Gasteiger partial charge in [0.05, 0.1) is 12.2 Å². The van der Waals surface area contributed by atoms with E-state index in [1.54, 1.807) is 21.1 Å². The van der Waals surface area contributed by atoms with E-state index in [-0.39, 0.29) is 24.3 Å². The van der Waals surface area contributed by atoms with Crippen molar-refractivity contribution in [2.75, 3.05) is 33.9 Å². The Morgan fingerprint density at radius 3 is 2.68 bits per heavy atom. The number of methoxy groups -OCH3 is 1. The quantitative estimate of drug-likeness (QED) is 0.732. The van der Waals surface area contributed by atoms with Crippen LogP contribution >= 0.6 is 0 Å². The third-order valence-corrected chi connectivity index (χ3v) is 3.20. The van der Waals surface area contributed by atoms with Crippen LogP contribution in [0.15, 0.2) is 4.52 Å². The van der Waals surface area contributed by atoms with E-state index in [4.69, 9.17) is 9.26 Å². The monoisotopic (exact) mass is 311 g/mol. The van der Waals surface area contributed by atoms with Crippen molar-refractivity contribution in [1.29, 1.82) is 0 Å². The number of rotatable bonds is 8. The molecule has 124 valence electrons. The number of nitrogens with one attached hydrogen (secondary N) is 1. The van der Waals surface area contributed by atoms with E-state index in [0.29, 0.717) is 30.2 Å². The van der Waals surface area contributed by atoms with E-state index >= 15 is 0 Å². The van der Waals surface area contributed by atoms with Crippen LogP contribution in [-0.2, 0) is 9.53 Å². The van der Waals surface area contributed by atoms with Crippen molar-refractivity contribution in [3.63, 3.8) is 0 Å². The Morgan fingerprint density at radius 1 is 1.41 bits per heavy atom. The van der Waals surface area contributed by atoms with Crippen LogP contribution in [0, 0.1) is 6.92 Å². The molecule has 0 aromatic carbocycles. The summed E-state index contributed by atoms with van der Waals surface area (Å²) in [7, 11) is 3.20. The summed E-state index contributed by atoms with van der Waals surface area (Å²) in [5.41, 5.74) is 0.991. The van der Waals surface area contributed by atoms with E-state index in [9.17, 15) is 9.59 Å². The molecular formula is C15H25N3O4. The van der Waals surface area contributed by atoms with Gasteiger partial charge in [0.2, 0.25) is 5.91 Å². The number of hydrogen-bond donors (Lipinski definition) is 1. The Hall–Kier alpha value is -1.89. The molecule has 0 aliphatic heterocycles. The summed E-state index contributed by atoms with van der Waals surface area (Å²) in [6, 6.07) is 0. The summed E-state index contributed by atoms with van der Waals surface area (Å²) >= 11 is 0. The zero-order valence-corrected chi connectivity index (χ0v) is 13.9. The van der Waals surface area contributed by atoms with Gasteiger partial charge < -0.3 is 19.5 Å². The average molecular weight is 311 g/mol. The highest BCUT2D eigenvalue weighted by molar-refractivity contribution is 5.98. The van der Waals surface area contributed by atoms with Gasteiger partial charge in [-0.25, -0.2) is 0 Å². The van der Waals surface area contributed by atoms with Crippen molar-refractivity contribution in [3.05, 3.63) is 17.0 Å². The molecule has 1 aromatic rings. The highest BCUT2D eigenvalue weighted by Gasteiger charge is 2.25. The standard InChI is InChI=1S/C15H25N3O4/c1-10(2)14-13(11(3)17-22-14)15(20)18(4)9-12(19)16-7-6-8-21-5/h10H,6-9H2,1-5H3,(H,16,19). The molecule has 1 heterocycles. The van der Waals surface area contributed by atoms with Crippen molar-refractivity contribution in [2.45, 2.75) is 33.1 Å². The lowest BCUT2D eigenvalue weighted by Gasteiger charge is -2.17. The van der Waals surface area contributed by atoms with E-state index in [2.05, 4.69) is 10.5 Å². The van der Waals surface area contributed by atoms with Gasteiger partial charge in [0.25, 0.3) is 5.91 Å². The summed E-state index contributed by atoms with van der Waals surface area (Å²) in [5, 5.41) is 6.60. The molecule has 0 radical (unpaired) electrons. The highest BCUT2D eigenvalue weighted by atomic mass is 16.5. The number of aromatic nitrogens is 1. The molecule has 1 N–H and O–H groups in total. The van der Waals surface area contributed by atoms with Crippen LogP contribution in [0.3, 0.4) is 0 Å². The summed E-state index contributed by atoms with van der Waals surface area (Å²) in [4.78, 5) is 25.7. The van der Waals surface area contributed by atoms with E-state index in [0.717, 1.165) is 6.42 Å². The van der Waals surface area contributed by atoms with Crippen molar-refractivity contribution in [2.24, 2.45) is 0 Å². The molecule has 0 unspecified atom stereocenters. The molecule has 0 saturated heterocycles. The number of amides is 2. The maximum Gasteiger partial charge on any atom is 0.259 e. The van der Waals surface area contributed by atoms with Crippen LogP contribution in [0.25, 0.3) is 0 Å². The number of likely N-dealkylation sites (N-methyl/N-ethyl adjacent to an activating group) is 1. The molecule has 1 aromatic heterocycles. The summed E-state index contributed by atoms with van der Waals surface area (Å²) in [5.74, 6) is 0.146. The molecule has 2 amide bonds. The summed E-state index contributed by atoms with van der Waals surface area (Å²) in [6.07, 6.45) is 0.738. The first-order valence-electron chi connectivity index (χ1n) is 7.35. The first kappa shape index (κ1) is 18.2. The fraction of sp³-hybridized carbons (Fsp3) is 0.667. The first-order chi connectivity index (χ1) is 10.4. The molecule has 22 heavy (non-hydrogen) atoms. The minimum absolute atomic E-state index is 0.00598. The predicted octanol–water partition coefficient (Wildman–Crippen LogP) is 1.33. The van der Waals surface area contributed by atoms with Crippen LogP contribution in [0.5, 0.6) is 0 Å². The van der Waals surface area contributed by atoms with Crippen LogP contribution < -0.4 is 5.32 Å². The number of ether oxygens (including phenoxy) is 1. The minimum atomic E-state index is -0.255. The lowest BCUT2D eigenvalue weighted by Crippen LogP contribution is -2.39. The van der Waals surface area contributed by atoms with Crippen LogP contribution in [0.1, 0.15) is 48.0 Å². The Bertz CT molecular complexity index is 511. The van der Waals surface area contributed by atoms with Gasteiger partial charge in [-0.15, -0.1) is 0 Å². The largest absolute Gasteiger partial charge is 0.385 e. The maximum absolute atomic E-state index is 12.5. The van der Waals surface area contributed by atoms with Crippen molar-refractivity contribution >= 4 is 11.8 Å². The second-order valence-electron chi connectivity index (χ2n) is 5.52. The van der Waals surface area contributed by atoms with Gasteiger partial charge in [-0.2, -0.15) is 0 Å². The van der Waals surface area contributed by atoms with Gasteiger partial charge in [0.15, 0.2) is 5.76 Å². The second kappa shape index (κ2) is 8.53.